The van der Waals surface area contributed by atoms with E-state index in [9.17, 15) is 19.7 Å². The molecule has 1 aliphatic carbocycles. The minimum Gasteiger partial charge on any atom is -0.337 e. The van der Waals surface area contributed by atoms with Crippen LogP contribution in [0.15, 0.2) is 60.7 Å². The van der Waals surface area contributed by atoms with Crippen molar-refractivity contribution in [3.63, 3.8) is 0 Å². The van der Waals surface area contributed by atoms with E-state index in [0.29, 0.717) is 27.3 Å². The Morgan fingerprint density at radius 1 is 1.00 bits per heavy atom. The number of carbonyl (C=O) groups excluding carboxylic acids is 2. The molecule has 0 fully saturated rings. The predicted molar refractivity (Wildman–Crippen MR) is 109 cm³/mol. The van der Waals surface area contributed by atoms with Crippen LogP contribution in [-0.4, -0.2) is 28.6 Å². The monoisotopic (exact) mass is 406 g/mol. The van der Waals surface area contributed by atoms with Crippen LogP contribution in [0.25, 0.3) is 11.1 Å². The zero-order valence-corrected chi connectivity index (χ0v) is 16.1. The van der Waals surface area contributed by atoms with Crippen LogP contribution in [0.4, 0.5) is 5.69 Å². The van der Waals surface area contributed by atoms with Gasteiger partial charge < -0.3 is 4.90 Å². The highest BCUT2D eigenvalue weighted by molar-refractivity contribution is 6.31. The molecule has 0 saturated heterocycles. The predicted octanol–water partition coefficient (Wildman–Crippen LogP) is 4.73. The molecule has 0 aromatic heterocycles. The maximum absolute atomic E-state index is 12.9. The fourth-order valence-corrected chi connectivity index (χ4v) is 3.68. The first-order valence-electron chi connectivity index (χ1n) is 8.83. The van der Waals surface area contributed by atoms with Gasteiger partial charge in [0.25, 0.3) is 11.6 Å². The van der Waals surface area contributed by atoms with E-state index in [1.807, 2.05) is 18.2 Å². The van der Waals surface area contributed by atoms with E-state index in [0.717, 1.165) is 11.1 Å². The number of amides is 1. The summed E-state index contributed by atoms with van der Waals surface area (Å²) < 4.78 is 0. The van der Waals surface area contributed by atoms with E-state index in [1.54, 1.807) is 31.3 Å². The van der Waals surface area contributed by atoms with Crippen LogP contribution in [0.1, 0.15) is 31.8 Å². The molecule has 4 rings (SSSR count). The van der Waals surface area contributed by atoms with Crippen molar-refractivity contribution in [3.8, 4) is 11.1 Å². The molecule has 29 heavy (non-hydrogen) atoms. The molecular weight excluding hydrogens is 392 g/mol. The van der Waals surface area contributed by atoms with Crippen molar-refractivity contribution in [1.29, 1.82) is 0 Å². The second kappa shape index (κ2) is 7.14. The number of halogens is 1. The van der Waals surface area contributed by atoms with E-state index in [4.69, 9.17) is 11.6 Å². The molecule has 0 bridgehead atoms. The second-order valence-corrected chi connectivity index (χ2v) is 7.24. The maximum atomic E-state index is 12.9. The number of nitro groups is 1. The van der Waals surface area contributed by atoms with Gasteiger partial charge in [0.15, 0.2) is 5.78 Å². The fourth-order valence-electron chi connectivity index (χ4n) is 3.50. The normalized spacial score (nSPS) is 11.7. The zero-order valence-electron chi connectivity index (χ0n) is 15.4. The lowest BCUT2D eigenvalue weighted by atomic mass is 10.0. The first-order valence-corrected chi connectivity index (χ1v) is 9.21. The smallest absolute Gasteiger partial charge is 0.269 e. The SMILES string of the molecule is CN(Cc1cc([N+](=O)[O-])ccc1Cl)C(=O)c1ccc2c(c1)C(=O)c1ccccc1-2. The lowest BCUT2D eigenvalue weighted by Crippen LogP contribution is -2.26. The number of non-ortho nitro benzene ring substituents is 1. The summed E-state index contributed by atoms with van der Waals surface area (Å²) in [6.07, 6.45) is 0. The molecule has 0 atom stereocenters. The third-order valence-electron chi connectivity index (χ3n) is 4.97. The Balaban J connectivity index is 1.61. The van der Waals surface area contributed by atoms with Crippen molar-refractivity contribution in [2.45, 2.75) is 6.54 Å². The highest BCUT2D eigenvalue weighted by Gasteiger charge is 2.27. The van der Waals surface area contributed by atoms with Crippen LogP contribution < -0.4 is 0 Å². The Labute approximate surface area is 171 Å². The molecule has 0 N–H and O–H groups in total. The van der Waals surface area contributed by atoms with Crippen molar-refractivity contribution in [2.24, 2.45) is 0 Å². The number of hydrogen-bond acceptors (Lipinski definition) is 4. The Morgan fingerprint density at radius 3 is 2.41 bits per heavy atom. The van der Waals surface area contributed by atoms with E-state index >= 15 is 0 Å². The molecule has 0 heterocycles. The highest BCUT2D eigenvalue weighted by atomic mass is 35.5. The van der Waals surface area contributed by atoms with Gasteiger partial charge in [0, 0.05) is 47.4 Å². The lowest BCUT2D eigenvalue weighted by molar-refractivity contribution is -0.384. The molecule has 144 valence electrons. The molecule has 0 aliphatic heterocycles. The van der Waals surface area contributed by atoms with Crippen LogP contribution in [0.3, 0.4) is 0 Å². The third-order valence-corrected chi connectivity index (χ3v) is 5.34. The molecule has 0 radical (unpaired) electrons. The number of hydrogen-bond donors (Lipinski definition) is 0. The average molecular weight is 407 g/mol. The van der Waals surface area contributed by atoms with Crippen LogP contribution in [-0.2, 0) is 6.54 Å². The molecule has 3 aromatic rings. The largest absolute Gasteiger partial charge is 0.337 e. The summed E-state index contributed by atoms with van der Waals surface area (Å²) in [4.78, 5) is 37.5. The molecule has 0 spiro atoms. The summed E-state index contributed by atoms with van der Waals surface area (Å²) in [6.45, 7) is 0.102. The van der Waals surface area contributed by atoms with Crippen molar-refractivity contribution < 1.29 is 14.5 Å². The average Bonchev–Trinajstić information content (AvgIpc) is 3.01. The molecule has 3 aromatic carbocycles. The number of rotatable bonds is 4. The number of nitro benzene ring substituents is 1. The molecule has 7 heteroatoms. The molecule has 6 nitrogen and oxygen atoms in total. The third kappa shape index (κ3) is 3.28. The fraction of sp³-hybridized carbons (Fsp3) is 0.0909. The molecule has 0 saturated carbocycles. The van der Waals surface area contributed by atoms with E-state index in [1.165, 1.54) is 23.1 Å². The summed E-state index contributed by atoms with van der Waals surface area (Å²) in [5.41, 5.74) is 3.55. The van der Waals surface area contributed by atoms with Crippen LogP contribution in [0, 0.1) is 10.1 Å². The summed E-state index contributed by atoms with van der Waals surface area (Å²) in [7, 11) is 1.58. The molecule has 1 amide bonds. The van der Waals surface area contributed by atoms with Crippen LogP contribution >= 0.6 is 11.6 Å². The number of fused-ring (bicyclic) bond motifs is 3. The minimum atomic E-state index is -0.509. The second-order valence-electron chi connectivity index (χ2n) is 6.83. The van der Waals surface area contributed by atoms with E-state index < -0.39 is 4.92 Å². The Kier molecular flexibility index (Phi) is 4.64. The Bertz CT molecular complexity index is 1190. The van der Waals surface area contributed by atoms with Crippen molar-refractivity contribution in [2.75, 3.05) is 7.05 Å². The van der Waals surface area contributed by atoms with Gasteiger partial charge in [-0.3, -0.25) is 19.7 Å². The minimum absolute atomic E-state index is 0.0915. The standard InChI is InChI=1S/C22H15ClN2O4/c1-24(12-14-10-15(25(28)29)7-9-20(14)23)22(27)13-6-8-17-16-4-2-3-5-18(16)21(26)19(17)11-13/h2-11H,12H2,1H3. The van der Waals surface area contributed by atoms with Gasteiger partial charge in [0.2, 0.25) is 0 Å². The van der Waals surface area contributed by atoms with E-state index in [2.05, 4.69) is 0 Å². The molecule has 0 unspecified atom stereocenters. The van der Waals surface area contributed by atoms with Gasteiger partial charge in [-0.15, -0.1) is 0 Å². The van der Waals surface area contributed by atoms with Gasteiger partial charge in [0.05, 0.1) is 4.92 Å². The number of benzene rings is 3. The lowest BCUT2D eigenvalue weighted by Gasteiger charge is -2.18. The highest BCUT2D eigenvalue weighted by Crippen LogP contribution is 2.37. The first kappa shape index (κ1) is 18.8. The molecular formula is C22H15ClN2O4. The van der Waals surface area contributed by atoms with Gasteiger partial charge in [0.1, 0.15) is 0 Å². The Morgan fingerprint density at radius 2 is 1.69 bits per heavy atom. The summed E-state index contributed by atoms with van der Waals surface area (Å²) >= 11 is 6.14. The first-order chi connectivity index (χ1) is 13.9. The summed E-state index contributed by atoms with van der Waals surface area (Å²) in [5, 5.41) is 11.3. The van der Waals surface area contributed by atoms with Gasteiger partial charge in [-0.05, 0) is 34.9 Å². The molecule has 1 aliphatic rings. The van der Waals surface area contributed by atoms with Crippen molar-refractivity contribution in [3.05, 3.63) is 98.1 Å². The van der Waals surface area contributed by atoms with Crippen LogP contribution in [0.2, 0.25) is 5.02 Å². The van der Waals surface area contributed by atoms with Crippen molar-refractivity contribution >= 4 is 29.0 Å². The number of nitrogens with zero attached hydrogens (tertiary/aromatic N) is 2. The Hall–Kier alpha value is -3.51. The number of ketones is 1. The van der Waals surface area contributed by atoms with Gasteiger partial charge in [-0.25, -0.2) is 0 Å². The van der Waals surface area contributed by atoms with Gasteiger partial charge >= 0.3 is 0 Å². The summed E-state index contributed by atoms with van der Waals surface area (Å²) in [6, 6.07) is 16.5. The topological polar surface area (TPSA) is 80.5 Å². The van der Waals surface area contributed by atoms with E-state index in [-0.39, 0.29) is 23.9 Å². The van der Waals surface area contributed by atoms with Gasteiger partial charge in [-0.2, -0.15) is 0 Å². The van der Waals surface area contributed by atoms with Crippen LogP contribution in [0.5, 0.6) is 0 Å². The van der Waals surface area contributed by atoms with Gasteiger partial charge in [-0.1, -0.05) is 41.9 Å². The maximum Gasteiger partial charge on any atom is 0.269 e. The zero-order chi connectivity index (χ0) is 20.7. The number of carbonyl (C=O) groups is 2. The summed E-state index contributed by atoms with van der Waals surface area (Å²) in [5.74, 6) is -0.409. The van der Waals surface area contributed by atoms with Crippen molar-refractivity contribution in [1.82, 2.24) is 4.90 Å². The quantitative estimate of drug-likeness (QED) is 0.362.